The minimum atomic E-state index is -2.00. The summed E-state index contributed by atoms with van der Waals surface area (Å²) in [5, 5.41) is 135. The zero-order valence-corrected chi connectivity index (χ0v) is 66.4. The number of amides is 17. The average Bonchev–Trinajstić information content (AvgIpc) is 0.901. The van der Waals surface area contributed by atoms with E-state index in [9.17, 15) is 137 Å². The summed E-state index contributed by atoms with van der Waals surface area (Å²) in [4.78, 5) is 250. The minimum Gasteiger partial charge on any atom is -0.481 e. The van der Waals surface area contributed by atoms with E-state index >= 15 is 0 Å². The van der Waals surface area contributed by atoms with Crippen LogP contribution >= 0.6 is 0 Å². The fourth-order valence-electron chi connectivity index (χ4n) is 10.2. The lowest BCUT2D eigenvalue weighted by atomic mass is 9.96. The highest BCUT2D eigenvalue weighted by Crippen LogP contribution is 2.14. The number of unbranched alkanes of at least 4 members (excludes halogenated alkanes) is 1. The van der Waals surface area contributed by atoms with Gasteiger partial charge in [-0.2, -0.15) is 0 Å². The van der Waals surface area contributed by atoms with E-state index in [-0.39, 0.29) is 57.5 Å². The number of guanidine groups is 1. The number of nitrogens with one attached hydrogen (secondary N) is 18. The van der Waals surface area contributed by atoms with Crippen molar-refractivity contribution in [3.05, 3.63) is 0 Å². The standard InChI is InChI=1S/C67H118N22O28/c1-10-29(4)49(64(114)83-38(20-28(2)3)59(109)80-35(14-11-12-18-68)57(107)86-43(27-93)62(112)89-51(34(9)96)66(116)117)87-58(108)36(15-13-19-73-67(71)72)81-65(115)50(33(8)95)88-61(111)42(26-92)85-53(103)30(5)76-56(106)37(16-17-44(69)97)78-45(98)22-75-55(105)40(24-90)84-52(102)31(6)77-60(110)41(25-91)79-46(99)23-74-54(104)39(21-47(100)101)82-63(113)48(70)32(7)94/h28-43,48-51,90-96H,10-27,68,70H2,1-9H3,(H2,69,97)(H,74,104)(H,75,105)(H,76,106)(H,77,110)(H,78,98)(H,79,99)(H,80,109)(H,81,115)(H,82,113)(H,83,114)(H,84,102)(H,85,103)(H,86,107)(H,87,108)(H,88,111)(H,89,112)(H,100,101)(H,116,117)(H4,71,72,73)/t29-,30-,31-,32+,33+,34+,35-,36-,37-,38-,39-,40-,41-,42-,43-,48-,49-,50-,51-/m0/s1. The van der Waals surface area contributed by atoms with Crippen molar-refractivity contribution in [3.8, 4) is 0 Å². The molecule has 0 aliphatic carbocycles. The number of carbonyl (C=O) groups excluding carboxylic acids is 17. The summed E-state index contributed by atoms with van der Waals surface area (Å²) in [5.41, 5.74) is 21.9. The van der Waals surface area contributed by atoms with Gasteiger partial charge in [-0.3, -0.25) is 91.7 Å². The van der Waals surface area contributed by atoms with Crippen LogP contribution in [0.3, 0.4) is 0 Å². The van der Waals surface area contributed by atoms with Crippen LogP contribution in [0.15, 0.2) is 0 Å². The van der Waals surface area contributed by atoms with Gasteiger partial charge >= 0.3 is 11.9 Å². The van der Waals surface area contributed by atoms with Crippen LogP contribution in [0.5, 0.6) is 0 Å². The summed E-state index contributed by atoms with van der Waals surface area (Å²) in [6, 6.07) is -25.6. The molecule has 0 aromatic carbocycles. The number of aliphatic hydroxyl groups is 7. The van der Waals surface area contributed by atoms with Crippen LogP contribution in [-0.4, -0.2) is 326 Å². The van der Waals surface area contributed by atoms with Gasteiger partial charge in [0.25, 0.3) is 0 Å². The molecule has 19 atom stereocenters. The average molecular weight is 1680 g/mol. The summed E-state index contributed by atoms with van der Waals surface area (Å²) in [6.07, 6.45) is -6.63. The number of aliphatic carboxylic acids is 2. The summed E-state index contributed by atoms with van der Waals surface area (Å²) >= 11 is 0. The second-order valence-electron chi connectivity index (χ2n) is 27.7. The number of carbonyl (C=O) groups is 19. The highest BCUT2D eigenvalue weighted by Gasteiger charge is 2.39. The van der Waals surface area contributed by atoms with Crippen molar-refractivity contribution in [2.24, 2.45) is 34.8 Å². The summed E-state index contributed by atoms with van der Waals surface area (Å²) in [5.74, 6) is -24.1. The second-order valence-corrected chi connectivity index (χ2v) is 27.7. The maximum absolute atomic E-state index is 14.4. The Bertz CT molecular complexity index is 3410. The molecule has 0 bridgehead atoms. The molecule has 117 heavy (non-hydrogen) atoms. The highest BCUT2D eigenvalue weighted by atomic mass is 16.4. The number of nitrogens with two attached hydrogens (primary N) is 4. The number of carboxylic acid groups (broad SMARTS) is 2. The molecule has 0 aliphatic heterocycles. The monoisotopic (exact) mass is 1680 g/mol. The first-order valence-corrected chi connectivity index (χ1v) is 37.2. The van der Waals surface area contributed by atoms with E-state index in [1.807, 2.05) is 21.3 Å². The third-order valence-electron chi connectivity index (χ3n) is 17.2. The molecule has 0 saturated carbocycles. The fourth-order valence-corrected chi connectivity index (χ4v) is 10.2. The lowest BCUT2D eigenvalue weighted by molar-refractivity contribution is -0.145. The first-order valence-electron chi connectivity index (χ1n) is 37.2. The van der Waals surface area contributed by atoms with Crippen LogP contribution < -0.4 is 113 Å². The van der Waals surface area contributed by atoms with Crippen molar-refractivity contribution >= 4 is 118 Å². The summed E-state index contributed by atoms with van der Waals surface area (Å²) in [6.45, 7) is 5.62. The Kier molecular flexibility index (Phi) is 49.4. The molecule has 0 aromatic heterocycles. The highest BCUT2D eigenvalue weighted by molar-refractivity contribution is 6.01. The number of hydrogen-bond acceptors (Lipinski definition) is 29. The first-order chi connectivity index (χ1) is 54.6. The molecule has 664 valence electrons. The van der Waals surface area contributed by atoms with Gasteiger partial charge < -0.3 is 159 Å². The largest absolute Gasteiger partial charge is 0.481 e. The summed E-state index contributed by atoms with van der Waals surface area (Å²) in [7, 11) is 0. The lowest BCUT2D eigenvalue weighted by Crippen LogP contribution is -2.63. The van der Waals surface area contributed by atoms with Gasteiger partial charge in [-0.25, -0.2) is 4.79 Å². The van der Waals surface area contributed by atoms with Crippen molar-refractivity contribution < 1.29 is 137 Å². The molecule has 17 amide bonds. The van der Waals surface area contributed by atoms with E-state index in [0.717, 1.165) is 34.6 Å². The number of carboxylic acids is 2. The normalized spacial score (nSPS) is 16.0. The van der Waals surface area contributed by atoms with Crippen LogP contribution in [0.2, 0.25) is 0 Å². The molecule has 0 aromatic rings. The topological polar surface area (TPSA) is 839 Å². The van der Waals surface area contributed by atoms with Gasteiger partial charge in [0.15, 0.2) is 12.0 Å². The number of primary amides is 1. The van der Waals surface area contributed by atoms with Gasteiger partial charge in [0.05, 0.1) is 64.2 Å². The van der Waals surface area contributed by atoms with Gasteiger partial charge in [-0.15, -0.1) is 0 Å². The molecule has 0 aliphatic rings. The Hall–Kier alpha value is -11.2. The van der Waals surface area contributed by atoms with Crippen molar-refractivity contribution in [1.29, 1.82) is 5.41 Å². The summed E-state index contributed by atoms with van der Waals surface area (Å²) < 4.78 is 0. The van der Waals surface area contributed by atoms with Crippen LogP contribution in [0, 0.1) is 17.2 Å². The smallest absolute Gasteiger partial charge is 0.328 e. The first kappa shape index (κ1) is 106. The quantitative estimate of drug-likeness (QED) is 0.0153. The Morgan fingerprint density at radius 3 is 1.17 bits per heavy atom. The lowest BCUT2D eigenvalue weighted by Gasteiger charge is -2.30. The van der Waals surface area contributed by atoms with Crippen LogP contribution in [0.25, 0.3) is 0 Å². The van der Waals surface area contributed by atoms with Crippen molar-refractivity contribution in [3.63, 3.8) is 0 Å². The Morgan fingerprint density at radius 2 is 0.735 bits per heavy atom. The van der Waals surface area contributed by atoms with Crippen LogP contribution in [-0.2, 0) is 91.1 Å². The van der Waals surface area contributed by atoms with E-state index in [4.69, 9.17) is 28.3 Å². The SMILES string of the molecule is CC[C@H](C)[C@H](NC(=O)[C@H](CCCNC(=N)N)NC(=O)[C@@H](NC(=O)[C@H](CO)NC(=O)[C@H](C)NC(=O)[C@H](CCC(N)=O)NC(=O)CNC(=O)[C@H](CO)NC(=O)[C@H](C)NC(=O)[C@H](CO)NC(=O)CNC(=O)[C@H](CC(=O)O)NC(=O)[C@@H](N)[C@@H](C)O)[C@@H](C)O)C(=O)N[C@@H](CC(C)C)C(=O)N[C@@H](CCCCN)C(=O)N[C@@H](CO)C(=O)N[C@H](C(=O)O)[C@@H](C)O. The van der Waals surface area contributed by atoms with Crippen LogP contribution in [0.4, 0.5) is 0 Å². The van der Waals surface area contributed by atoms with Crippen molar-refractivity contribution in [2.75, 3.05) is 52.6 Å². The van der Waals surface area contributed by atoms with Gasteiger partial charge in [-0.05, 0) is 97.9 Å². The molecule has 0 heterocycles. The molecule has 50 nitrogen and oxygen atoms in total. The van der Waals surface area contributed by atoms with Crippen LogP contribution in [0.1, 0.15) is 127 Å². The van der Waals surface area contributed by atoms with Gasteiger partial charge in [0.1, 0.15) is 84.6 Å². The number of rotatable bonds is 57. The Labute approximate surface area is 671 Å². The molecule has 35 N–H and O–H groups in total. The van der Waals surface area contributed by atoms with E-state index in [0.29, 0.717) is 6.42 Å². The maximum atomic E-state index is 14.4. The second kappa shape index (κ2) is 54.6. The third kappa shape index (κ3) is 40.3. The Balaban J connectivity index is 6.41. The fraction of sp³-hybridized carbons (Fsp3) is 0.701. The molecular weight excluding hydrogens is 1560 g/mol. The molecule has 0 radical (unpaired) electrons. The van der Waals surface area contributed by atoms with E-state index < -0.39 is 292 Å². The molecule has 0 unspecified atom stereocenters. The molecule has 0 rings (SSSR count). The van der Waals surface area contributed by atoms with E-state index in [1.54, 1.807) is 27.7 Å². The van der Waals surface area contributed by atoms with E-state index in [2.05, 4.69) is 69.1 Å². The molecule has 0 saturated heterocycles. The minimum absolute atomic E-state index is 0.0265. The zero-order chi connectivity index (χ0) is 89.8. The molecular formula is C67H118N22O28. The zero-order valence-electron chi connectivity index (χ0n) is 66.4. The van der Waals surface area contributed by atoms with E-state index in [1.165, 1.54) is 0 Å². The number of aliphatic hydroxyl groups excluding tert-OH is 7. The Morgan fingerprint density at radius 1 is 0.376 bits per heavy atom. The maximum Gasteiger partial charge on any atom is 0.328 e. The van der Waals surface area contributed by atoms with Crippen molar-refractivity contribution in [2.45, 2.75) is 235 Å². The predicted molar refractivity (Wildman–Crippen MR) is 405 cm³/mol. The molecule has 50 heteroatoms. The predicted octanol–water partition coefficient (Wildman–Crippen LogP) is -15.2. The third-order valence-corrected chi connectivity index (χ3v) is 17.2. The molecule has 0 spiro atoms. The number of hydrogen-bond donors (Lipinski definition) is 31. The van der Waals surface area contributed by atoms with Gasteiger partial charge in [0.2, 0.25) is 100 Å². The van der Waals surface area contributed by atoms with Gasteiger partial charge in [0, 0.05) is 13.0 Å². The van der Waals surface area contributed by atoms with Gasteiger partial charge in [-0.1, -0.05) is 34.1 Å². The molecule has 0 fully saturated rings. The van der Waals surface area contributed by atoms with Crippen molar-refractivity contribution in [1.82, 2.24) is 90.4 Å².